The van der Waals surface area contributed by atoms with Crippen LogP contribution in [0.15, 0.2) is 30.6 Å². The van der Waals surface area contributed by atoms with Crippen LogP contribution >= 0.6 is 0 Å². The third-order valence-corrected chi connectivity index (χ3v) is 2.10. The Morgan fingerprint density at radius 2 is 2.15 bits per heavy atom. The zero-order valence-electron chi connectivity index (χ0n) is 6.73. The van der Waals surface area contributed by atoms with E-state index in [-0.39, 0.29) is 0 Å². The largest absolute Gasteiger partial charge is 0.278 e. The summed E-state index contributed by atoms with van der Waals surface area (Å²) in [5.74, 6) is 0. The van der Waals surface area contributed by atoms with Gasteiger partial charge in [0.2, 0.25) is 0 Å². The number of nitrogens with one attached hydrogen (secondary N) is 1. The van der Waals surface area contributed by atoms with E-state index >= 15 is 0 Å². The summed E-state index contributed by atoms with van der Waals surface area (Å²) in [6, 6.07) is 5.86. The Labute approximate surface area is 74.0 Å². The molecule has 0 saturated heterocycles. The van der Waals surface area contributed by atoms with Crippen LogP contribution < -0.4 is 0 Å². The number of H-pyrrole nitrogens is 1. The average molecular weight is 170 g/mol. The molecule has 3 rings (SSSR count). The molecule has 0 bridgehead atoms. The predicted molar refractivity (Wildman–Crippen MR) is 48.3 cm³/mol. The van der Waals surface area contributed by atoms with Gasteiger partial charge in [-0.3, -0.25) is 5.10 Å². The van der Waals surface area contributed by atoms with Gasteiger partial charge in [-0.25, -0.2) is 0 Å². The standard InChI is InChI=1S/C9H6N4/c1-2-8-6(4-10-12-8)7-5-11-13-9(7)3-1/h1-5H,(H,10,12). The molecule has 0 spiro atoms. The summed E-state index contributed by atoms with van der Waals surface area (Å²) in [7, 11) is 0. The number of nitrogens with zero attached hydrogens (tertiary/aromatic N) is 3. The third-order valence-electron chi connectivity index (χ3n) is 2.10. The van der Waals surface area contributed by atoms with E-state index < -0.39 is 0 Å². The molecular weight excluding hydrogens is 164 g/mol. The van der Waals surface area contributed by atoms with Crippen molar-refractivity contribution in [3.8, 4) is 11.3 Å². The van der Waals surface area contributed by atoms with Gasteiger partial charge >= 0.3 is 0 Å². The minimum absolute atomic E-state index is 0.899. The second kappa shape index (κ2) is 2.26. The van der Waals surface area contributed by atoms with E-state index in [1.165, 1.54) is 0 Å². The van der Waals surface area contributed by atoms with Gasteiger partial charge in [-0.15, -0.1) is 0 Å². The fraction of sp³-hybridized carbons (Fsp3) is 0. The van der Waals surface area contributed by atoms with Crippen molar-refractivity contribution in [2.24, 2.45) is 0 Å². The molecule has 0 unspecified atom stereocenters. The highest BCUT2D eigenvalue weighted by Crippen LogP contribution is 2.25. The van der Waals surface area contributed by atoms with Crippen molar-refractivity contribution in [1.29, 1.82) is 0 Å². The van der Waals surface area contributed by atoms with E-state index in [4.69, 9.17) is 0 Å². The molecule has 1 N–H and O–H groups in total. The molecule has 2 aliphatic rings. The van der Waals surface area contributed by atoms with Gasteiger partial charge in [0.1, 0.15) is 0 Å². The van der Waals surface area contributed by atoms with Crippen LogP contribution in [-0.2, 0) is 0 Å². The zero-order valence-corrected chi connectivity index (χ0v) is 6.73. The molecule has 0 fully saturated rings. The maximum absolute atomic E-state index is 4.00. The van der Waals surface area contributed by atoms with Gasteiger partial charge in [0.25, 0.3) is 0 Å². The first-order valence-corrected chi connectivity index (χ1v) is 3.98. The van der Waals surface area contributed by atoms with Crippen molar-refractivity contribution in [2.45, 2.75) is 0 Å². The molecule has 1 aromatic heterocycles. The molecule has 0 amide bonds. The molecule has 4 heteroatoms. The summed E-state index contributed by atoms with van der Waals surface area (Å²) >= 11 is 0. The quantitative estimate of drug-likeness (QED) is 0.555. The fourth-order valence-corrected chi connectivity index (χ4v) is 1.47. The highest BCUT2D eigenvalue weighted by Gasteiger charge is 2.07. The maximum atomic E-state index is 4.00. The van der Waals surface area contributed by atoms with Gasteiger partial charge in [-0.2, -0.15) is 15.3 Å². The van der Waals surface area contributed by atoms with Crippen LogP contribution in [0.25, 0.3) is 22.2 Å². The summed E-state index contributed by atoms with van der Waals surface area (Å²) in [4.78, 5) is 0. The molecule has 0 atom stereocenters. The van der Waals surface area contributed by atoms with Crippen molar-refractivity contribution >= 4 is 10.9 Å². The SMILES string of the molecule is c1cc2nncc-2c2cn[nH]c2c1. The summed E-state index contributed by atoms with van der Waals surface area (Å²) < 4.78 is 0. The second-order valence-electron chi connectivity index (χ2n) is 2.87. The van der Waals surface area contributed by atoms with Gasteiger partial charge < -0.3 is 0 Å². The smallest absolute Gasteiger partial charge is 0.0952 e. The first-order chi connectivity index (χ1) is 6.45. The summed E-state index contributed by atoms with van der Waals surface area (Å²) in [5.41, 5.74) is 2.94. The van der Waals surface area contributed by atoms with E-state index in [2.05, 4.69) is 20.4 Å². The highest BCUT2D eigenvalue weighted by atomic mass is 15.1. The lowest BCUT2D eigenvalue weighted by molar-refractivity contribution is 1.10. The summed E-state index contributed by atoms with van der Waals surface area (Å²) in [6.07, 6.45) is 3.55. The van der Waals surface area contributed by atoms with Gasteiger partial charge in [0, 0.05) is 10.9 Å². The molecule has 1 aliphatic carbocycles. The minimum Gasteiger partial charge on any atom is -0.278 e. The van der Waals surface area contributed by atoms with Crippen LogP contribution in [0.2, 0.25) is 0 Å². The van der Waals surface area contributed by atoms with Gasteiger partial charge in [-0.1, -0.05) is 6.07 Å². The molecule has 4 nitrogen and oxygen atoms in total. The Bertz CT molecular complexity index is 528. The second-order valence-corrected chi connectivity index (χ2v) is 2.87. The van der Waals surface area contributed by atoms with Crippen molar-refractivity contribution in [3.63, 3.8) is 0 Å². The molecule has 2 heterocycles. The molecule has 62 valence electrons. The van der Waals surface area contributed by atoms with Crippen LogP contribution in [0.5, 0.6) is 0 Å². The van der Waals surface area contributed by atoms with Crippen LogP contribution in [0, 0.1) is 0 Å². The van der Waals surface area contributed by atoms with Gasteiger partial charge in [-0.05, 0) is 12.1 Å². The first kappa shape index (κ1) is 6.54. The average Bonchev–Trinajstić information content (AvgIpc) is 2.72. The Morgan fingerprint density at radius 3 is 3.15 bits per heavy atom. The Hall–Kier alpha value is -1.97. The first-order valence-electron chi connectivity index (χ1n) is 3.98. The molecule has 0 saturated carbocycles. The van der Waals surface area contributed by atoms with E-state index in [1.54, 1.807) is 12.4 Å². The molecule has 1 aliphatic heterocycles. The zero-order chi connectivity index (χ0) is 8.67. The van der Waals surface area contributed by atoms with Crippen molar-refractivity contribution in [1.82, 2.24) is 20.4 Å². The molecule has 0 aromatic carbocycles. The monoisotopic (exact) mass is 170 g/mol. The van der Waals surface area contributed by atoms with Crippen LogP contribution in [0.3, 0.4) is 0 Å². The van der Waals surface area contributed by atoms with Crippen molar-refractivity contribution < 1.29 is 0 Å². The molecule has 1 aromatic rings. The normalized spacial score (nSPS) is 11.1. The summed E-state index contributed by atoms with van der Waals surface area (Å²) in [5, 5.41) is 15.8. The van der Waals surface area contributed by atoms with Crippen molar-refractivity contribution in [2.75, 3.05) is 0 Å². The Kier molecular flexibility index (Phi) is 1.14. The third kappa shape index (κ3) is 0.823. The van der Waals surface area contributed by atoms with Crippen molar-refractivity contribution in [3.05, 3.63) is 30.6 Å². The van der Waals surface area contributed by atoms with Crippen LogP contribution in [0.4, 0.5) is 0 Å². The van der Waals surface area contributed by atoms with Crippen LogP contribution in [0.1, 0.15) is 0 Å². The number of aromatic amines is 1. The fourth-order valence-electron chi connectivity index (χ4n) is 1.47. The number of aromatic nitrogens is 4. The minimum atomic E-state index is 0.899. The predicted octanol–water partition coefficient (Wildman–Crippen LogP) is 1.46. The number of hydrogen-bond acceptors (Lipinski definition) is 3. The topological polar surface area (TPSA) is 54.5 Å². The summed E-state index contributed by atoms with van der Waals surface area (Å²) in [6.45, 7) is 0. The molecule has 13 heavy (non-hydrogen) atoms. The van der Waals surface area contributed by atoms with E-state index in [0.29, 0.717) is 0 Å². The maximum Gasteiger partial charge on any atom is 0.0952 e. The Morgan fingerprint density at radius 1 is 1.15 bits per heavy atom. The van der Waals surface area contributed by atoms with E-state index in [0.717, 1.165) is 22.2 Å². The van der Waals surface area contributed by atoms with E-state index in [1.807, 2.05) is 18.2 Å². The number of hydrogen-bond donors (Lipinski definition) is 1. The Balaban J connectivity index is 2.58. The number of rotatable bonds is 0. The lowest BCUT2D eigenvalue weighted by Crippen LogP contribution is -1.69. The van der Waals surface area contributed by atoms with Gasteiger partial charge in [0.05, 0.1) is 23.6 Å². The van der Waals surface area contributed by atoms with Gasteiger partial charge in [0.15, 0.2) is 0 Å². The van der Waals surface area contributed by atoms with Crippen LogP contribution in [-0.4, -0.2) is 20.4 Å². The lowest BCUT2D eigenvalue weighted by Gasteiger charge is -1.86. The van der Waals surface area contributed by atoms with E-state index in [9.17, 15) is 0 Å². The highest BCUT2D eigenvalue weighted by molar-refractivity contribution is 5.92. The molecule has 0 radical (unpaired) electrons. The number of fused-ring (bicyclic) bond motifs is 3. The lowest BCUT2D eigenvalue weighted by atomic mass is 10.2. The molecular formula is C9H6N4.